The number of hydrogen-bond donors (Lipinski definition) is 1. The van der Waals surface area contributed by atoms with Crippen molar-refractivity contribution in [1.82, 2.24) is 5.32 Å². The summed E-state index contributed by atoms with van der Waals surface area (Å²) in [6, 6.07) is 16.6. The van der Waals surface area contributed by atoms with Crippen LogP contribution in [0.4, 0.5) is 0 Å². The summed E-state index contributed by atoms with van der Waals surface area (Å²) in [5.74, 6) is 1.01. The van der Waals surface area contributed by atoms with E-state index in [2.05, 4.69) is 56.6 Å². The van der Waals surface area contributed by atoms with E-state index in [9.17, 15) is 0 Å². The minimum atomic E-state index is 0.609. The molecule has 0 aromatic heterocycles. The molecule has 2 aromatic rings. The highest BCUT2D eigenvalue weighted by molar-refractivity contribution is 9.10. The maximum Gasteiger partial charge on any atom is 0.128 e. The van der Waals surface area contributed by atoms with Crippen LogP contribution in [0.5, 0.6) is 0 Å². The maximum atomic E-state index is 5.80. The van der Waals surface area contributed by atoms with E-state index in [1.165, 1.54) is 11.1 Å². The summed E-state index contributed by atoms with van der Waals surface area (Å²) >= 11 is 3.54. The number of rotatable bonds is 5. The number of aliphatic imine (C=N–C) groups is 1. The summed E-state index contributed by atoms with van der Waals surface area (Å²) in [5.41, 5.74) is 3.49. The lowest BCUT2D eigenvalue weighted by Gasteiger charge is -2.15. The lowest BCUT2D eigenvalue weighted by molar-refractivity contribution is 0.107. The Hall–Kier alpha value is -1.65. The topological polar surface area (TPSA) is 33.6 Å². The van der Waals surface area contributed by atoms with E-state index in [1.807, 2.05) is 18.2 Å². The fraction of sp³-hybridized carbons (Fsp3) is 0.278. The van der Waals surface area contributed by atoms with Crippen molar-refractivity contribution >= 4 is 21.8 Å². The zero-order valence-electron chi connectivity index (χ0n) is 12.4. The number of amidine groups is 1. The lowest BCUT2D eigenvalue weighted by Crippen LogP contribution is -2.30. The summed E-state index contributed by atoms with van der Waals surface area (Å²) in [4.78, 5) is 4.51. The first kappa shape index (κ1) is 15.3. The molecule has 0 atom stereocenters. The van der Waals surface area contributed by atoms with Gasteiger partial charge in [-0.05, 0) is 23.6 Å². The monoisotopic (exact) mass is 358 g/mol. The van der Waals surface area contributed by atoms with Crippen LogP contribution in [0.1, 0.15) is 23.1 Å². The molecule has 0 fully saturated rings. The second kappa shape index (κ2) is 7.56. The van der Waals surface area contributed by atoms with Crippen molar-refractivity contribution in [2.24, 2.45) is 4.99 Å². The van der Waals surface area contributed by atoms with E-state index >= 15 is 0 Å². The number of halogens is 1. The van der Waals surface area contributed by atoms with Gasteiger partial charge in [-0.15, -0.1) is 0 Å². The van der Waals surface area contributed by atoms with Crippen molar-refractivity contribution in [3.63, 3.8) is 0 Å². The highest BCUT2D eigenvalue weighted by Crippen LogP contribution is 2.17. The Morgan fingerprint density at radius 1 is 1.05 bits per heavy atom. The van der Waals surface area contributed by atoms with E-state index < -0.39 is 0 Å². The molecule has 3 rings (SSSR count). The first-order chi connectivity index (χ1) is 10.8. The third-order valence-electron chi connectivity index (χ3n) is 3.61. The van der Waals surface area contributed by atoms with Gasteiger partial charge in [0, 0.05) is 23.1 Å². The van der Waals surface area contributed by atoms with Crippen molar-refractivity contribution in [2.75, 3.05) is 13.1 Å². The molecule has 1 heterocycles. The minimum absolute atomic E-state index is 0.609. The number of nitrogens with one attached hydrogen (secondary N) is 1. The van der Waals surface area contributed by atoms with Crippen molar-refractivity contribution < 1.29 is 4.74 Å². The van der Waals surface area contributed by atoms with Crippen LogP contribution in [-0.4, -0.2) is 18.9 Å². The van der Waals surface area contributed by atoms with Gasteiger partial charge < -0.3 is 10.1 Å². The molecule has 4 heteroatoms. The van der Waals surface area contributed by atoms with Gasteiger partial charge in [-0.1, -0.05) is 58.4 Å². The second-order valence-electron chi connectivity index (χ2n) is 5.29. The number of benzene rings is 2. The average Bonchev–Trinajstić information content (AvgIpc) is 2.58. The number of ether oxygens (including phenoxy) is 1. The third kappa shape index (κ3) is 3.96. The van der Waals surface area contributed by atoms with Crippen LogP contribution < -0.4 is 5.32 Å². The molecule has 2 aromatic carbocycles. The third-order valence-corrected chi connectivity index (χ3v) is 4.38. The molecule has 0 amide bonds. The molecule has 3 nitrogen and oxygen atoms in total. The highest BCUT2D eigenvalue weighted by Gasteiger charge is 2.06. The van der Waals surface area contributed by atoms with Gasteiger partial charge >= 0.3 is 0 Å². The maximum absolute atomic E-state index is 5.80. The molecule has 22 heavy (non-hydrogen) atoms. The van der Waals surface area contributed by atoms with Crippen LogP contribution in [0, 0.1) is 0 Å². The van der Waals surface area contributed by atoms with Crippen molar-refractivity contribution in [2.45, 2.75) is 19.6 Å². The Kier molecular flexibility index (Phi) is 5.24. The van der Waals surface area contributed by atoms with Crippen molar-refractivity contribution in [1.29, 1.82) is 0 Å². The van der Waals surface area contributed by atoms with Gasteiger partial charge in [0.2, 0.25) is 0 Å². The summed E-state index contributed by atoms with van der Waals surface area (Å²) in [5, 5.41) is 3.34. The quantitative estimate of drug-likeness (QED) is 0.878. The first-order valence-corrected chi connectivity index (χ1v) is 8.31. The number of hydrogen-bond acceptors (Lipinski definition) is 3. The van der Waals surface area contributed by atoms with Gasteiger partial charge in [0.05, 0.1) is 13.2 Å². The number of nitrogens with zero attached hydrogens (tertiary/aromatic N) is 1. The molecule has 0 bridgehead atoms. The Balaban J connectivity index is 1.55. The molecule has 0 spiro atoms. The molecule has 1 N–H and O–H groups in total. The van der Waals surface area contributed by atoms with E-state index in [4.69, 9.17) is 4.74 Å². The molecule has 0 saturated carbocycles. The molecule has 0 saturated heterocycles. The predicted molar refractivity (Wildman–Crippen MR) is 93.1 cm³/mol. The standard InChI is InChI=1S/C18H19BrN2O/c19-17-5-2-1-4-16(17)13-22-12-14-6-8-15(9-7-14)18-20-10-3-11-21-18/h1-2,4-9H,3,10-13H2,(H,20,21). The van der Waals surface area contributed by atoms with Crippen molar-refractivity contribution in [3.05, 3.63) is 69.7 Å². The van der Waals surface area contributed by atoms with Gasteiger partial charge in [-0.25, -0.2) is 0 Å². The van der Waals surface area contributed by atoms with Gasteiger partial charge in [0.25, 0.3) is 0 Å². The fourth-order valence-corrected chi connectivity index (χ4v) is 2.78. The van der Waals surface area contributed by atoms with Gasteiger partial charge in [0.1, 0.15) is 5.84 Å². The van der Waals surface area contributed by atoms with Gasteiger partial charge in [-0.3, -0.25) is 4.99 Å². The second-order valence-corrected chi connectivity index (χ2v) is 6.15. The molecule has 0 unspecified atom stereocenters. The van der Waals surface area contributed by atoms with Crippen LogP contribution in [-0.2, 0) is 18.0 Å². The van der Waals surface area contributed by atoms with Crippen LogP contribution in [0.3, 0.4) is 0 Å². The molecular weight excluding hydrogens is 340 g/mol. The summed E-state index contributed by atoms with van der Waals surface area (Å²) < 4.78 is 6.89. The molecule has 114 valence electrons. The van der Waals surface area contributed by atoms with E-state index in [1.54, 1.807) is 0 Å². The van der Waals surface area contributed by atoms with Crippen LogP contribution >= 0.6 is 15.9 Å². The lowest BCUT2D eigenvalue weighted by atomic mass is 10.1. The highest BCUT2D eigenvalue weighted by atomic mass is 79.9. The Bertz CT molecular complexity index is 652. The van der Waals surface area contributed by atoms with E-state index in [0.717, 1.165) is 35.4 Å². The average molecular weight is 359 g/mol. The summed E-state index contributed by atoms with van der Waals surface area (Å²) in [7, 11) is 0. The summed E-state index contributed by atoms with van der Waals surface area (Å²) in [6.07, 6.45) is 1.12. The molecule has 1 aliphatic rings. The zero-order chi connectivity index (χ0) is 15.2. The van der Waals surface area contributed by atoms with Crippen LogP contribution in [0.2, 0.25) is 0 Å². The SMILES string of the molecule is Brc1ccccc1COCc1ccc(C2=NCCCN2)cc1. The molecule has 0 aliphatic carbocycles. The van der Waals surface area contributed by atoms with Crippen molar-refractivity contribution in [3.8, 4) is 0 Å². The van der Waals surface area contributed by atoms with Gasteiger partial charge in [0.15, 0.2) is 0 Å². The zero-order valence-corrected chi connectivity index (χ0v) is 14.0. The van der Waals surface area contributed by atoms with E-state index in [0.29, 0.717) is 13.2 Å². The molecular formula is C18H19BrN2O. The Morgan fingerprint density at radius 3 is 2.59 bits per heavy atom. The minimum Gasteiger partial charge on any atom is -0.372 e. The molecule has 0 radical (unpaired) electrons. The van der Waals surface area contributed by atoms with E-state index in [-0.39, 0.29) is 0 Å². The predicted octanol–water partition coefficient (Wildman–Crippen LogP) is 3.91. The Labute approximate surface area is 139 Å². The Morgan fingerprint density at radius 2 is 1.86 bits per heavy atom. The largest absolute Gasteiger partial charge is 0.372 e. The normalized spacial score (nSPS) is 14.3. The smallest absolute Gasteiger partial charge is 0.128 e. The molecule has 1 aliphatic heterocycles. The fourth-order valence-electron chi connectivity index (χ4n) is 2.38. The van der Waals surface area contributed by atoms with Crippen LogP contribution in [0.25, 0.3) is 0 Å². The van der Waals surface area contributed by atoms with Crippen LogP contribution in [0.15, 0.2) is 58.0 Å². The first-order valence-electron chi connectivity index (χ1n) is 7.52. The summed E-state index contributed by atoms with van der Waals surface area (Å²) in [6.45, 7) is 3.15. The van der Waals surface area contributed by atoms with Gasteiger partial charge in [-0.2, -0.15) is 0 Å².